The lowest BCUT2D eigenvalue weighted by Gasteiger charge is -2.35. The van der Waals surface area contributed by atoms with Gasteiger partial charge in [-0.25, -0.2) is 0 Å². The van der Waals surface area contributed by atoms with Crippen LogP contribution in [0.1, 0.15) is 43.8 Å². The summed E-state index contributed by atoms with van der Waals surface area (Å²) in [4.78, 5) is 18.8. The highest BCUT2D eigenvalue weighted by atomic mass is 16.5. The number of hydrogen-bond donors (Lipinski definition) is 0. The van der Waals surface area contributed by atoms with Crippen LogP contribution in [0.4, 0.5) is 0 Å². The predicted molar refractivity (Wildman–Crippen MR) is 83.6 cm³/mol. The molecule has 1 fully saturated rings. The smallest absolute Gasteiger partial charge is 0.226 e. The van der Waals surface area contributed by atoms with Crippen molar-refractivity contribution in [3.8, 4) is 0 Å². The van der Waals surface area contributed by atoms with Gasteiger partial charge in [-0.3, -0.25) is 9.48 Å². The summed E-state index contributed by atoms with van der Waals surface area (Å²) in [5.41, 5.74) is 0. The molecule has 7 nitrogen and oxygen atoms in total. The lowest BCUT2D eigenvalue weighted by Crippen LogP contribution is -2.45. The number of amides is 1. The Morgan fingerprint density at radius 1 is 1.43 bits per heavy atom. The third-order valence-electron chi connectivity index (χ3n) is 4.26. The van der Waals surface area contributed by atoms with Crippen LogP contribution in [0.5, 0.6) is 0 Å². The Kier molecular flexibility index (Phi) is 5.05. The minimum atomic E-state index is 0.220. The monoisotopic (exact) mass is 317 g/mol. The molecule has 1 atom stereocenters. The van der Waals surface area contributed by atoms with Crippen LogP contribution >= 0.6 is 0 Å². The summed E-state index contributed by atoms with van der Waals surface area (Å²) in [6.45, 7) is 3.43. The van der Waals surface area contributed by atoms with E-state index < -0.39 is 0 Å². The molecular weight excluding hydrogens is 294 g/mol. The molecule has 23 heavy (non-hydrogen) atoms. The van der Waals surface area contributed by atoms with Gasteiger partial charge in [0.05, 0.1) is 12.6 Å². The molecular formula is C16H23N5O2. The zero-order valence-corrected chi connectivity index (χ0v) is 13.5. The molecule has 2 aromatic heterocycles. The van der Waals surface area contributed by atoms with Gasteiger partial charge in [0.15, 0.2) is 5.82 Å². The number of hydrogen-bond acceptors (Lipinski definition) is 5. The van der Waals surface area contributed by atoms with E-state index in [0.29, 0.717) is 24.6 Å². The first kappa shape index (κ1) is 15.7. The summed E-state index contributed by atoms with van der Waals surface area (Å²) in [6, 6.07) is 2.17. The van der Waals surface area contributed by atoms with Crippen LogP contribution in [-0.2, 0) is 17.8 Å². The fourth-order valence-electron chi connectivity index (χ4n) is 3.12. The topological polar surface area (TPSA) is 77.0 Å². The molecule has 0 spiro atoms. The molecule has 1 unspecified atom stereocenters. The SMILES string of the molecule is Cc1noc(CCCC(=O)N2CCCCC2Cn2cccn2)n1. The molecule has 124 valence electrons. The molecule has 2 aromatic rings. The van der Waals surface area contributed by atoms with Crippen molar-refractivity contribution in [2.45, 2.75) is 58.0 Å². The summed E-state index contributed by atoms with van der Waals surface area (Å²) in [5, 5.41) is 8.03. The minimum absolute atomic E-state index is 0.220. The van der Waals surface area contributed by atoms with E-state index in [2.05, 4.69) is 15.2 Å². The molecule has 1 saturated heterocycles. The number of nitrogens with zero attached hydrogens (tertiary/aromatic N) is 5. The molecule has 0 N–H and O–H groups in total. The lowest BCUT2D eigenvalue weighted by atomic mass is 10.0. The molecule has 1 aliphatic rings. The Morgan fingerprint density at radius 2 is 2.35 bits per heavy atom. The first-order chi connectivity index (χ1) is 11.2. The van der Waals surface area contributed by atoms with Crippen molar-refractivity contribution >= 4 is 5.91 Å². The predicted octanol–water partition coefficient (Wildman–Crippen LogP) is 1.98. The Morgan fingerprint density at radius 3 is 3.09 bits per heavy atom. The fourth-order valence-corrected chi connectivity index (χ4v) is 3.12. The van der Waals surface area contributed by atoms with Gasteiger partial charge in [0.25, 0.3) is 0 Å². The van der Waals surface area contributed by atoms with E-state index in [1.807, 2.05) is 21.8 Å². The third-order valence-corrected chi connectivity index (χ3v) is 4.26. The van der Waals surface area contributed by atoms with Gasteiger partial charge in [0, 0.05) is 31.8 Å². The Balaban J connectivity index is 1.51. The highest BCUT2D eigenvalue weighted by Gasteiger charge is 2.26. The van der Waals surface area contributed by atoms with Crippen LogP contribution in [0.2, 0.25) is 0 Å². The molecule has 0 bridgehead atoms. The summed E-state index contributed by atoms with van der Waals surface area (Å²) >= 11 is 0. The normalized spacial score (nSPS) is 18.3. The molecule has 0 aromatic carbocycles. The zero-order valence-electron chi connectivity index (χ0n) is 13.5. The van der Waals surface area contributed by atoms with Crippen molar-refractivity contribution in [2.75, 3.05) is 6.54 Å². The number of carbonyl (C=O) groups is 1. The lowest BCUT2D eigenvalue weighted by molar-refractivity contribution is -0.135. The van der Waals surface area contributed by atoms with Gasteiger partial charge in [0.2, 0.25) is 11.8 Å². The van der Waals surface area contributed by atoms with E-state index >= 15 is 0 Å². The van der Waals surface area contributed by atoms with Crippen LogP contribution in [0.25, 0.3) is 0 Å². The number of piperidine rings is 1. The Labute approximate surface area is 135 Å². The molecule has 1 amide bonds. The largest absolute Gasteiger partial charge is 0.339 e. The summed E-state index contributed by atoms with van der Waals surface area (Å²) in [7, 11) is 0. The number of likely N-dealkylation sites (tertiary alicyclic amines) is 1. The molecule has 3 heterocycles. The van der Waals surface area contributed by atoms with Crippen molar-refractivity contribution in [1.82, 2.24) is 24.8 Å². The number of rotatable bonds is 6. The first-order valence-corrected chi connectivity index (χ1v) is 8.28. The van der Waals surface area contributed by atoms with Crippen LogP contribution in [0.15, 0.2) is 23.0 Å². The van der Waals surface area contributed by atoms with Crippen LogP contribution < -0.4 is 0 Å². The second-order valence-corrected chi connectivity index (χ2v) is 6.05. The van der Waals surface area contributed by atoms with Gasteiger partial charge in [-0.1, -0.05) is 5.16 Å². The van der Waals surface area contributed by atoms with Crippen molar-refractivity contribution in [3.63, 3.8) is 0 Å². The van der Waals surface area contributed by atoms with E-state index in [9.17, 15) is 4.79 Å². The molecule has 3 rings (SSSR count). The maximum Gasteiger partial charge on any atom is 0.226 e. The molecule has 0 saturated carbocycles. The van der Waals surface area contributed by atoms with Crippen LogP contribution in [0, 0.1) is 6.92 Å². The summed E-state index contributed by atoms with van der Waals surface area (Å²) in [5.74, 6) is 1.47. The number of carbonyl (C=O) groups excluding carboxylic acids is 1. The highest BCUT2D eigenvalue weighted by molar-refractivity contribution is 5.76. The molecule has 0 radical (unpaired) electrons. The molecule has 1 aliphatic heterocycles. The summed E-state index contributed by atoms with van der Waals surface area (Å²) < 4.78 is 7.00. The standard InChI is InChI=1S/C16H23N5O2/c1-13-18-15(23-19-13)7-4-8-16(22)21-11-3-2-6-14(21)12-20-10-5-9-17-20/h5,9-10,14H,2-4,6-8,11-12H2,1H3. The maximum atomic E-state index is 12.6. The van der Waals surface area contributed by atoms with E-state index in [1.54, 1.807) is 13.1 Å². The first-order valence-electron chi connectivity index (χ1n) is 8.28. The molecule has 0 aliphatic carbocycles. The number of aromatic nitrogens is 4. The van der Waals surface area contributed by atoms with Gasteiger partial charge in [-0.05, 0) is 38.7 Å². The van der Waals surface area contributed by atoms with E-state index in [0.717, 1.165) is 32.4 Å². The van der Waals surface area contributed by atoms with Crippen molar-refractivity contribution in [2.24, 2.45) is 0 Å². The van der Waals surface area contributed by atoms with Crippen molar-refractivity contribution in [1.29, 1.82) is 0 Å². The average molecular weight is 317 g/mol. The Bertz CT molecular complexity index is 622. The van der Waals surface area contributed by atoms with Crippen LogP contribution in [-0.4, -0.2) is 43.3 Å². The zero-order chi connectivity index (χ0) is 16.1. The minimum Gasteiger partial charge on any atom is -0.339 e. The second kappa shape index (κ2) is 7.39. The third kappa shape index (κ3) is 4.18. The fraction of sp³-hybridized carbons (Fsp3) is 0.625. The Hall–Kier alpha value is -2.18. The van der Waals surface area contributed by atoms with Gasteiger partial charge < -0.3 is 9.42 Å². The molecule has 7 heteroatoms. The maximum absolute atomic E-state index is 12.6. The quantitative estimate of drug-likeness (QED) is 0.814. The van der Waals surface area contributed by atoms with Gasteiger partial charge in [-0.2, -0.15) is 10.1 Å². The number of aryl methyl sites for hydroxylation is 2. The van der Waals surface area contributed by atoms with Gasteiger partial charge >= 0.3 is 0 Å². The van der Waals surface area contributed by atoms with Crippen molar-refractivity contribution < 1.29 is 9.32 Å². The van der Waals surface area contributed by atoms with E-state index in [1.165, 1.54) is 6.42 Å². The van der Waals surface area contributed by atoms with Crippen LogP contribution in [0.3, 0.4) is 0 Å². The van der Waals surface area contributed by atoms with E-state index in [4.69, 9.17) is 4.52 Å². The highest BCUT2D eigenvalue weighted by Crippen LogP contribution is 2.20. The van der Waals surface area contributed by atoms with Gasteiger partial charge in [-0.15, -0.1) is 0 Å². The van der Waals surface area contributed by atoms with Crippen molar-refractivity contribution in [3.05, 3.63) is 30.2 Å². The van der Waals surface area contributed by atoms with Gasteiger partial charge in [0.1, 0.15) is 0 Å². The van der Waals surface area contributed by atoms with E-state index in [-0.39, 0.29) is 11.9 Å². The second-order valence-electron chi connectivity index (χ2n) is 6.05. The average Bonchev–Trinajstić information content (AvgIpc) is 3.20. The summed E-state index contributed by atoms with van der Waals surface area (Å²) in [6.07, 6.45) is 8.97.